The summed E-state index contributed by atoms with van der Waals surface area (Å²) in [5.74, 6) is 0.212. The lowest BCUT2D eigenvalue weighted by Crippen LogP contribution is -2.43. The first-order valence-electron chi connectivity index (χ1n) is 6.66. The van der Waals surface area contributed by atoms with Crippen LogP contribution in [-0.2, 0) is 10.0 Å². The molecule has 0 aliphatic carbocycles. The molecule has 0 bridgehead atoms. The van der Waals surface area contributed by atoms with Crippen molar-refractivity contribution in [2.24, 2.45) is 0 Å². The summed E-state index contributed by atoms with van der Waals surface area (Å²) in [5, 5.41) is 5.34. The first-order chi connectivity index (χ1) is 9.58. The zero-order valence-corrected chi connectivity index (χ0v) is 12.0. The Morgan fingerprint density at radius 3 is 2.65 bits per heavy atom. The van der Waals surface area contributed by atoms with Crippen molar-refractivity contribution < 1.29 is 13.2 Å². The van der Waals surface area contributed by atoms with E-state index in [-0.39, 0.29) is 11.8 Å². The molecule has 6 nitrogen and oxygen atoms in total. The Morgan fingerprint density at radius 1 is 1.20 bits per heavy atom. The van der Waals surface area contributed by atoms with Gasteiger partial charge < -0.3 is 10.6 Å². The van der Waals surface area contributed by atoms with Crippen LogP contribution in [0.5, 0.6) is 0 Å². The number of nitrogens with one attached hydrogen (secondary N) is 2. The van der Waals surface area contributed by atoms with Gasteiger partial charge in [-0.15, -0.1) is 0 Å². The van der Waals surface area contributed by atoms with Crippen LogP contribution in [0.4, 0.5) is 10.5 Å². The number of urea groups is 1. The van der Waals surface area contributed by atoms with Crippen molar-refractivity contribution in [2.45, 2.75) is 12.8 Å². The van der Waals surface area contributed by atoms with E-state index in [0.717, 1.165) is 12.8 Å². The molecular formula is C13H19N3O3S. The third-order valence-electron chi connectivity index (χ3n) is 3.13. The summed E-state index contributed by atoms with van der Waals surface area (Å²) in [7, 11) is -3.12. The average molecular weight is 297 g/mol. The molecule has 20 heavy (non-hydrogen) atoms. The van der Waals surface area contributed by atoms with E-state index < -0.39 is 10.0 Å². The van der Waals surface area contributed by atoms with Gasteiger partial charge in [-0.2, -0.15) is 0 Å². The van der Waals surface area contributed by atoms with E-state index in [4.69, 9.17) is 0 Å². The standard InChI is InChI=1S/C13H19N3O3S/c17-13(15-12-6-2-1-3-7-12)14-8-10-16-9-4-5-11-20(16,18)19/h1-3,6-7H,4-5,8-11H2,(H2,14,15,17). The second kappa shape index (κ2) is 6.71. The van der Waals surface area contributed by atoms with Gasteiger partial charge in [0.05, 0.1) is 5.75 Å². The quantitative estimate of drug-likeness (QED) is 0.877. The Morgan fingerprint density at radius 2 is 1.95 bits per heavy atom. The topological polar surface area (TPSA) is 78.5 Å². The zero-order chi connectivity index (χ0) is 14.4. The van der Waals surface area contributed by atoms with Crippen LogP contribution in [0.3, 0.4) is 0 Å². The molecule has 0 unspecified atom stereocenters. The van der Waals surface area contributed by atoms with Crippen LogP contribution in [-0.4, -0.2) is 44.1 Å². The minimum Gasteiger partial charge on any atom is -0.337 e. The van der Waals surface area contributed by atoms with Gasteiger partial charge in [0, 0.05) is 25.3 Å². The third kappa shape index (κ3) is 4.21. The van der Waals surface area contributed by atoms with Gasteiger partial charge in [0.2, 0.25) is 10.0 Å². The van der Waals surface area contributed by atoms with Gasteiger partial charge in [-0.05, 0) is 25.0 Å². The van der Waals surface area contributed by atoms with Gasteiger partial charge in [0.25, 0.3) is 0 Å². The molecule has 110 valence electrons. The lowest BCUT2D eigenvalue weighted by molar-refractivity contribution is 0.251. The molecule has 1 aliphatic rings. The molecule has 0 spiro atoms. The first-order valence-corrected chi connectivity index (χ1v) is 8.26. The van der Waals surface area contributed by atoms with Crippen molar-refractivity contribution in [2.75, 3.05) is 30.7 Å². The van der Waals surface area contributed by atoms with Crippen LogP contribution in [0.25, 0.3) is 0 Å². The van der Waals surface area contributed by atoms with Gasteiger partial charge in [0.1, 0.15) is 0 Å². The molecule has 2 amide bonds. The van der Waals surface area contributed by atoms with Crippen molar-refractivity contribution in [3.05, 3.63) is 30.3 Å². The molecule has 1 fully saturated rings. The molecule has 0 atom stereocenters. The van der Waals surface area contributed by atoms with Gasteiger partial charge in [0.15, 0.2) is 0 Å². The maximum absolute atomic E-state index is 11.7. The van der Waals surface area contributed by atoms with Gasteiger partial charge in [-0.3, -0.25) is 0 Å². The molecule has 2 rings (SSSR count). The highest BCUT2D eigenvalue weighted by Gasteiger charge is 2.24. The molecule has 1 aromatic carbocycles. The number of amides is 2. The normalized spacial score (nSPS) is 18.4. The van der Waals surface area contributed by atoms with Crippen LogP contribution in [0.2, 0.25) is 0 Å². The molecule has 0 radical (unpaired) electrons. The first kappa shape index (κ1) is 14.8. The number of rotatable bonds is 4. The summed E-state index contributed by atoms with van der Waals surface area (Å²) in [4.78, 5) is 11.6. The molecule has 1 heterocycles. The zero-order valence-electron chi connectivity index (χ0n) is 11.2. The Kier molecular flexibility index (Phi) is 4.97. The summed E-state index contributed by atoms with van der Waals surface area (Å²) in [5.41, 5.74) is 0.704. The number of carbonyl (C=O) groups excluding carboxylic acids is 1. The molecule has 1 aliphatic heterocycles. The van der Waals surface area contributed by atoms with E-state index in [9.17, 15) is 13.2 Å². The lowest BCUT2D eigenvalue weighted by Gasteiger charge is -2.26. The lowest BCUT2D eigenvalue weighted by atomic mass is 10.3. The highest BCUT2D eigenvalue weighted by Crippen LogP contribution is 2.12. The third-order valence-corrected chi connectivity index (χ3v) is 5.09. The highest BCUT2D eigenvalue weighted by molar-refractivity contribution is 7.89. The second-order valence-corrected chi connectivity index (χ2v) is 6.76. The van der Waals surface area contributed by atoms with Crippen LogP contribution >= 0.6 is 0 Å². The number of carbonyl (C=O) groups is 1. The minimum atomic E-state index is -3.12. The smallest absolute Gasteiger partial charge is 0.319 e. The van der Waals surface area contributed by atoms with E-state index in [2.05, 4.69) is 10.6 Å². The molecule has 0 aromatic heterocycles. The Labute approximate surface area is 119 Å². The van der Waals surface area contributed by atoms with Gasteiger partial charge in [-0.1, -0.05) is 18.2 Å². The number of benzene rings is 1. The maximum atomic E-state index is 11.7. The molecular weight excluding hydrogens is 278 g/mol. The predicted octanol–water partition coefficient (Wildman–Crippen LogP) is 1.23. The fraction of sp³-hybridized carbons (Fsp3) is 0.462. The van der Waals surface area contributed by atoms with E-state index in [1.165, 1.54) is 4.31 Å². The van der Waals surface area contributed by atoms with Gasteiger partial charge >= 0.3 is 6.03 Å². The van der Waals surface area contributed by atoms with Crippen molar-refractivity contribution in [1.82, 2.24) is 9.62 Å². The number of hydrogen-bond donors (Lipinski definition) is 2. The fourth-order valence-corrected chi connectivity index (χ4v) is 3.69. The Hall–Kier alpha value is -1.60. The predicted molar refractivity (Wildman–Crippen MR) is 78.1 cm³/mol. The molecule has 1 saturated heterocycles. The molecule has 7 heteroatoms. The van der Waals surface area contributed by atoms with Crippen LogP contribution in [0.15, 0.2) is 30.3 Å². The van der Waals surface area contributed by atoms with Gasteiger partial charge in [-0.25, -0.2) is 17.5 Å². The SMILES string of the molecule is O=C(NCCN1CCCCS1(=O)=O)Nc1ccccc1. The van der Waals surface area contributed by atoms with E-state index in [1.807, 2.05) is 18.2 Å². The maximum Gasteiger partial charge on any atom is 0.319 e. The molecule has 1 aromatic rings. The molecule has 0 saturated carbocycles. The Bertz CT molecular complexity index is 545. The fourth-order valence-electron chi connectivity index (χ4n) is 2.08. The van der Waals surface area contributed by atoms with Crippen LogP contribution < -0.4 is 10.6 Å². The van der Waals surface area contributed by atoms with E-state index in [0.29, 0.717) is 25.3 Å². The monoisotopic (exact) mass is 297 g/mol. The van der Waals surface area contributed by atoms with Crippen LogP contribution in [0, 0.1) is 0 Å². The van der Waals surface area contributed by atoms with Crippen molar-refractivity contribution >= 4 is 21.7 Å². The molecule has 2 N–H and O–H groups in total. The highest BCUT2D eigenvalue weighted by atomic mass is 32.2. The van der Waals surface area contributed by atoms with Crippen molar-refractivity contribution in [3.8, 4) is 0 Å². The number of hydrogen-bond acceptors (Lipinski definition) is 3. The van der Waals surface area contributed by atoms with Crippen molar-refractivity contribution in [3.63, 3.8) is 0 Å². The summed E-state index contributed by atoms with van der Waals surface area (Å²) >= 11 is 0. The minimum absolute atomic E-state index is 0.212. The number of nitrogens with zero attached hydrogens (tertiary/aromatic N) is 1. The number of para-hydroxylation sites is 1. The summed E-state index contributed by atoms with van der Waals surface area (Å²) in [6.45, 7) is 1.17. The number of anilines is 1. The van der Waals surface area contributed by atoms with Crippen LogP contribution in [0.1, 0.15) is 12.8 Å². The summed E-state index contributed by atoms with van der Waals surface area (Å²) < 4.78 is 24.9. The largest absolute Gasteiger partial charge is 0.337 e. The van der Waals surface area contributed by atoms with Crippen molar-refractivity contribution in [1.29, 1.82) is 0 Å². The van der Waals surface area contributed by atoms with E-state index >= 15 is 0 Å². The average Bonchev–Trinajstić information content (AvgIpc) is 2.41. The summed E-state index contributed by atoms with van der Waals surface area (Å²) in [6, 6.07) is 8.77. The second-order valence-electron chi connectivity index (χ2n) is 4.67. The Balaban J connectivity index is 1.74. The van der Waals surface area contributed by atoms with E-state index in [1.54, 1.807) is 12.1 Å². The summed E-state index contributed by atoms with van der Waals surface area (Å²) in [6.07, 6.45) is 1.61. The number of sulfonamides is 1.